The van der Waals surface area contributed by atoms with Gasteiger partial charge >= 0.3 is 0 Å². The van der Waals surface area contributed by atoms with Gasteiger partial charge < -0.3 is 5.73 Å². The number of nitro benzene ring substituents is 1. The predicted molar refractivity (Wildman–Crippen MR) is 68.2 cm³/mol. The number of hydrogen-bond donors (Lipinski definition) is 1. The minimum absolute atomic E-state index is 0. The van der Waals surface area contributed by atoms with Crippen molar-refractivity contribution in [1.29, 1.82) is 0 Å². The molecule has 2 N–H and O–H groups in total. The fourth-order valence-electron chi connectivity index (χ4n) is 2.14. The monoisotopic (exact) mass is 252 g/mol. The highest BCUT2D eigenvalue weighted by atomic mass is 35.5. The minimum atomic E-state index is -0.322. The van der Waals surface area contributed by atoms with E-state index in [4.69, 9.17) is 5.73 Å². The number of fused-ring (bicyclic) bond motifs is 1. The summed E-state index contributed by atoms with van der Waals surface area (Å²) in [6, 6.07) is 5.20. The summed E-state index contributed by atoms with van der Waals surface area (Å²) in [5, 5.41) is 10.8. The van der Waals surface area contributed by atoms with Crippen LogP contribution in [0.25, 0.3) is 0 Å². The van der Waals surface area contributed by atoms with Crippen molar-refractivity contribution in [3.63, 3.8) is 0 Å². The number of hydrogen-bond acceptors (Lipinski definition) is 3. The Morgan fingerprint density at radius 3 is 2.94 bits per heavy atom. The fraction of sp³-hybridized carbons (Fsp3) is 0.333. The van der Waals surface area contributed by atoms with E-state index in [0.29, 0.717) is 6.54 Å². The molecule has 1 aromatic carbocycles. The third-order valence-electron chi connectivity index (χ3n) is 2.82. The second-order valence-electron chi connectivity index (χ2n) is 3.72. The van der Waals surface area contributed by atoms with Gasteiger partial charge in [-0.25, -0.2) is 0 Å². The maximum absolute atomic E-state index is 10.8. The lowest BCUT2D eigenvalue weighted by atomic mass is 10.0. The molecule has 0 saturated carbocycles. The maximum atomic E-state index is 10.8. The van der Waals surface area contributed by atoms with Crippen LogP contribution in [-0.2, 0) is 6.42 Å². The highest BCUT2D eigenvalue weighted by Crippen LogP contribution is 2.37. The van der Waals surface area contributed by atoms with Crippen LogP contribution < -0.4 is 5.73 Å². The van der Waals surface area contributed by atoms with Gasteiger partial charge in [-0.15, -0.1) is 12.4 Å². The molecule has 0 aromatic heterocycles. The van der Waals surface area contributed by atoms with Crippen molar-refractivity contribution in [2.45, 2.75) is 18.8 Å². The first kappa shape index (κ1) is 13.5. The molecule has 0 heterocycles. The molecule has 1 aromatic rings. The summed E-state index contributed by atoms with van der Waals surface area (Å²) in [6.07, 6.45) is 1.59. The van der Waals surface area contributed by atoms with Crippen LogP contribution in [0.4, 0.5) is 5.69 Å². The van der Waals surface area contributed by atoms with Gasteiger partial charge in [-0.2, -0.15) is 0 Å². The summed E-state index contributed by atoms with van der Waals surface area (Å²) in [4.78, 5) is 10.5. The first-order valence-electron chi connectivity index (χ1n) is 5.18. The fourth-order valence-corrected chi connectivity index (χ4v) is 2.14. The molecule has 1 aliphatic carbocycles. The first-order chi connectivity index (χ1) is 7.74. The van der Waals surface area contributed by atoms with E-state index in [2.05, 4.69) is 11.8 Å². The van der Waals surface area contributed by atoms with Crippen LogP contribution in [0.15, 0.2) is 18.2 Å². The van der Waals surface area contributed by atoms with Gasteiger partial charge in [0.05, 0.1) is 11.5 Å². The Bertz CT molecular complexity index is 491. The average Bonchev–Trinajstić information content (AvgIpc) is 2.69. The summed E-state index contributed by atoms with van der Waals surface area (Å²) >= 11 is 0. The lowest BCUT2D eigenvalue weighted by Gasteiger charge is -2.03. The molecule has 0 saturated heterocycles. The largest absolute Gasteiger partial charge is 0.320 e. The number of nitrogens with zero attached hydrogens (tertiary/aromatic N) is 1. The molecule has 4 nitrogen and oxygen atoms in total. The summed E-state index contributed by atoms with van der Waals surface area (Å²) < 4.78 is 0. The molecule has 1 aliphatic rings. The predicted octanol–water partition coefficient (Wildman–Crippen LogP) is 2.01. The zero-order valence-corrected chi connectivity index (χ0v) is 10.00. The van der Waals surface area contributed by atoms with Crippen molar-refractivity contribution < 1.29 is 4.92 Å². The Labute approximate surface area is 106 Å². The van der Waals surface area contributed by atoms with Gasteiger partial charge in [0.15, 0.2) is 0 Å². The quantitative estimate of drug-likeness (QED) is 0.472. The van der Waals surface area contributed by atoms with Gasteiger partial charge in [-0.1, -0.05) is 24.0 Å². The Morgan fingerprint density at radius 1 is 1.53 bits per heavy atom. The van der Waals surface area contributed by atoms with Crippen molar-refractivity contribution in [2.24, 2.45) is 5.73 Å². The highest BCUT2D eigenvalue weighted by molar-refractivity contribution is 5.85. The highest BCUT2D eigenvalue weighted by Gasteiger charge is 2.27. The molecule has 0 fully saturated rings. The average molecular weight is 253 g/mol. The molecule has 17 heavy (non-hydrogen) atoms. The topological polar surface area (TPSA) is 69.2 Å². The second kappa shape index (κ2) is 5.67. The standard InChI is InChI=1S/C12H12N2O2.ClH/c13-8-2-3-9-6-7-11-10(9)4-1-5-12(11)14(15)16;/h1,4-5,9H,6-8,13H2;1H. The molecule has 0 bridgehead atoms. The van der Waals surface area contributed by atoms with Gasteiger partial charge in [-0.3, -0.25) is 10.1 Å². The van der Waals surface area contributed by atoms with Crippen molar-refractivity contribution in [2.75, 3.05) is 6.54 Å². The lowest BCUT2D eigenvalue weighted by molar-refractivity contribution is -0.385. The van der Waals surface area contributed by atoms with Crippen LogP contribution >= 0.6 is 12.4 Å². The third kappa shape index (κ3) is 2.57. The molecule has 2 rings (SSSR count). The number of rotatable bonds is 1. The van der Waals surface area contributed by atoms with Crippen LogP contribution in [0.2, 0.25) is 0 Å². The smallest absolute Gasteiger partial charge is 0.272 e. The Morgan fingerprint density at radius 2 is 2.29 bits per heavy atom. The molecule has 90 valence electrons. The van der Waals surface area contributed by atoms with Crippen molar-refractivity contribution in [3.05, 3.63) is 39.4 Å². The molecule has 1 atom stereocenters. The Balaban J connectivity index is 0.00000144. The Kier molecular flexibility index (Phi) is 4.50. The van der Waals surface area contributed by atoms with Gasteiger partial charge in [0, 0.05) is 17.5 Å². The summed E-state index contributed by atoms with van der Waals surface area (Å²) in [5.41, 5.74) is 7.37. The van der Waals surface area contributed by atoms with Gasteiger partial charge in [0.2, 0.25) is 0 Å². The normalized spacial score (nSPS) is 16.4. The van der Waals surface area contributed by atoms with Crippen molar-refractivity contribution in [1.82, 2.24) is 0 Å². The molecule has 1 unspecified atom stereocenters. The van der Waals surface area contributed by atoms with E-state index >= 15 is 0 Å². The van der Waals surface area contributed by atoms with E-state index < -0.39 is 0 Å². The van der Waals surface area contributed by atoms with Gasteiger partial charge in [0.25, 0.3) is 5.69 Å². The third-order valence-corrected chi connectivity index (χ3v) is 2.82. The van der Waals surface area contributed by atoms with Gasteiger partial charge in [0.1, 0.15) is 0 Å². The second-order valence-corrected chi connectivity index (χ2v) is 3.72. The van der Waals surface area contributed by atoms with Crippen LogP contribution in [0, 0.1) is 22.0 Å². The summed E-state index contributed by atoms with van der Waals surface area (Å²) in [5.74, 6) is 6.00. The SMILES string of the molecule is Cl.NCC#CC1CCc2c1cccc2[N+](=O)[O-]. The molecule has 5 heteroatoms. The van der Waals surface area contributed by atoms with Crippen LogP contribution in [-0.4, -0.2) is 11.5 Å². The molecule has 0 aliphatic heterocycles. The van der Waals surface area contributed by atoms with E-state index in [1.54, 1.807) is 12.1 Å². The van der Waals surface area contributed by atoms with Gasteiger partial charge in [-0.05, 0) is 18.4 Å². The van der Waals surface area contributed by atoms with Crippen LogP contribution in [0.5, 0.6) is 0 Å². The van der Waals surface area contributed by atoms with Crippen LogP contribution in [0.3, 0.4) is 0 Å². The zero-order chi connectivity index (χ0) is 11.5. The van der Waals surface area contributed by atoms with E-state index in [1.165, 1.54) is 0 Å². The van der Waals surface area contributed by atoms with E-state index in [9.17, 15) is 10.1 Å². The van der Waals surface area contributed by atoms with E-state index in [0.717, 1.165) is 24.0 Å². The first-order valence-corrected chi connectivity index (χ1v) is 5.18. The summed E-state index contributed by atoms with van der Waals surface area (Å²) in [6.45, 7) is 0.334. The molecular weight excluding hydrogens is 240 g/mol. The molecule has 0 amide bonds. The number of nitrogens with two attached hydrogens (primary N) is 1. The molecule has 0 radical (unpaired) electrons. The number of benzene rings is 1. The maximum Gasteiger partial charge on any atom is 0.272 e. The van der Waals surface area contributed by atoms with Crippen LogP contribution in [0.1, 0.15) is 23.5 Å². The molecule has 0 spiro atoms. The minimum Gasteiger partial charge on any atom is -0.320 e. The van der Waals surface area contributed by atoms with E-state index in [1.807, 2.05) is 6.07 Å². The van der Waals surface area contributed by atoms with Crippen molar-refractivity contribution >= 4 is 18.1 Å². The lowest BCUT2D eigenvalue weighted by Crippen LogP contribution is -1.97. The van der Waals surface area contributed by atoms with E-state index in [-0.39, 0.29) is 28.9 Å². The zero-order valence-electron chi connectivity index (χ0n) is 9.18. The number of nitro groups is 1. The molecular formula is C12H13ClN2O2. The Hall–Kier alpha value is -1.57. The number of halogens is 1. The van der Waals surface area contributed by atoms with Crippen molar-refractivity contribution in [3.8, 4) is 11.8 Å². The summed E-state index contributed by atoms with van der Waals surface area (Å²) in [7, 11) is 0.